The van der Waals surface area contributed by atoms with Crippen molar-refractivity contribution in [3.63, 3.8) is 0 Å². The number of hydrogen-bond acceptors (Lipinski definition) is 5. The Morgan fingerprint density at radius 2 is 1.94 bits per heavy atom. The summed E-state index contributed by atoms with van der Waals surface area (Å²) in [5, 5.41) is 7.87. The molecule has 1 atom stereocenters. The summed E-state index contributed by atoms with van der Waals surface area (Å²) >= 11 is 6.26. The van der Waals surface area contributed by atoms with Gasteiger partial charge in [0.05, 0.1) is 13.7 Å². The van der Waals surface area contributed by atoms with Crippen LogP contribution in [0.5, 0.6) is 0 Å². The van der Waals surface area contributed by atoms with Gasteiger partial charge in [-0.3, -0.25) is 19.2 Å². The van der Waals surface area contributed by atoms with Gasteiger partial charge < -0.3 is 10.1 Å². The molecular formula is C23H27ClN4O4. The van der Waals surface area contributed by atoms with Crippen molar-refractivity contribution in [2.24, 2.45) is 0 Å². The molecule has 2 aliphatic rings. The lowest BCUT2D eigenvalue weighted by Crippen LogP contribution is -2.65. The zero-order valence-electron chi connectivity index (χ0n) is 18.5. The first kappa shape index (κ1) is 22.3. The van der Waals surface area contributed by atoms with Crippen LogP contribution >= 0.6 is 11.6 Å². The van der Waals surface area contributed by atoms with Crippen molar-refractivity contribution >= 4 is 35.1 Å². The molecule has 1 saturated carbocycles. The fraction of sp³-hybridized carbons (Fsp3) is 0.478. The van der Waals surface area contributed by atoms with E-state index in [1.807, 2.05) is 13.0 Å². The maximum Gasteiger partial charge on any atom is 0.358 e. The second-order valence-electron chi connectivity index (χ2n) is 8.72. The molecule has 0 saturated heterocycles. The van der Waals surface area contributed by atoms with Gasteiger partial charge in [0.1, 0.15) is 11.2 Å². The van der Waals surface area contributed by atoms with Gasteiger partial charge in [-0.25, -0.2) is 4.79 Å². The van der Waals surface area contributed by atoms with E-state index in [0.29, 0.717) is 10.7 Å². The van der Waals surface area contributed by atoms with Crippen LogP contribution in [-0.2, 0) is 16.1 Å². The molecule has 1 aromatic heterocycles. The second kappa shape index (κ2) is 8.58. The first-order valence-corrected chi connectivity index (χ1v) is 11.2. The third kappa shape index (κ3) is 3.88. The average molecular weight is 459 g/mol. The number of halogens is 1. The number of aryl methyl sites for hydroxylation is 1. The second-order valence-corrected chi connectivity index (χ2v) is 9.15. The molecule has 8 nitrogen and oxygen atoms in total. The number of fused-ring (bicyclic) bond motifs is 1. The van der Waals surface area contributed by atoms with Crippen LogP contribution in [0.25, 0.3) is 0 Å². The molecule has 1 fully saturated rings. The lowest BCUT2D eigenvalue weighted by atomic mass is 9.90. The number of hydrogen-bond donors (Lipinski definition) is 1. The maximum absolute atomic E-state index is 13.7. The third-order valence-corrected chi connectivity index (χ3v) is 6.62. The predicted molar refractivity (Wildman–Crippen MR) is 120 cm³/mol. The highest BCUT2D eigenvalue weighted by atomic mass is 35.5. The molecule has 1 aliphatic carbocycles. The molecule has 1 N–H and O–H groups in total. The van der Waals surface area contributed by atoms with E-state index in [4.69, 9.17) is 16.3 Å². The van der Waals surface area contributed by atoms with Crippen LogP contribution in [0, 0.1) is 6.92 Å². The summed E-state index contributed by atoms with van der Waals surface area (Å²) in [5.74, 6) is -1.32. The van der Waals surface area contributed by atoms with Crippen LogP contribution in [0.1, 0.15) is 65.6 Å². The Labute approximate surface area is 191 Å². The smallest absolute Gasteiger partial charge is 0.358 e. The van der Waals surface area contributed by atoms with Gasteiger partial charge in [0.2, 0.25) is 5.91 Å². The molecule has 32 heavy (non-hydrogen) atoms. The van der Waals surface area contributed by atoms with E-state index in [0.717, 1.165) is 31.2 Å². The Morgan fingerprint density at radius 3 is 2.62 bits per heavy atom. The van der Waals surface area contributed by atoms with E-state index in [9.17, 15) is 14.4 Å². The van der Waals surface area contributed by atoms with E-state index in [-0.39, 0.29) is 29.9 Å². The number of nitrogens with one attached hydrogen (secondary N) is 1. The molecule has 0 unspecified atom stereocenters. The van der Waals surface area contributed by atoms with Crippen molar-refractivity contribution in [2.45, 2.75) is 64.1 Å². The number of carbonyl (C=O) groups excluding carboxylic acids is 3. The van der Waals surface area contributed by atoms with Gasteiger partial charge in [0.25, 0.3) is 5.91 Å². The minimum atomic E-state index is -1.27. The highest BCUT2D eigenvalue weighted by Crippen LogP contribution is 2.36. The Hall–Kier alpha value is -2.87. The van der Waals surface area contributed by atoms with Gasteiger partial charge in [-0.1, -0.05) is 36.9 Å². The molecule has 4 rings (SSSR count). The predicted octanol–water partition coefficient (Wildman–Crippen LogP) is 3.50. The number of esters is 1. The Kier molecular flexibility index (Phi) is 5.99. The van der Waals surface area contributed by atoms with Gasteiger partial charge in [0, 0.05) is 22.8 Å². The zero-order chi connectivity index (χ0) is 23.0. The lowest BCUT2D eigenvalue weighted by molar-refractivity contribution is -0.127. The first-order valence-electron chi connectivity index (χ1n) is 10.8. The Balaban J connectivity index is 1.80. The fourth-order valence-corrected chi connectivity index (χ4v) is 4.74. The molecule has 1 aliphatic heterocycles. The lowest BCUT2D eigenvalue weighted by Gasteiger charge is -2.44. The van der Waals surface area contributed by atoms with Gasteiger partial charge in [-0.2, -0.15) is 5.10 Å². The van der Waals surface area contributed by atoms with E-state index >= 15 is 0 Å². The molecule has 0 spiro atoms. The molecule has 2 aromatic rings. The molecular weight excluding hydrogens is 432 g/mol. The topological polar surface area (TPSA) is 93.5 Å². The van der Waals surface area contributed by atoms with Gasteiger partial charge >= 0.3 is 5.97 Å². The van der Waals surface area contributed by atoms with Gasteiger partial charge in [-0.15, -0.1) is 0 Å². The summed E-state index contributed by atoms with van der Waals surface area (Å²) < 4.78 is 6.18. The molecule has 0 radical (unpaired) electrons. The van der Waals surface area contributed by atoms with Crippen LogP contribution < -0.4 is 10.2 Å². The number of nitrogens with zero attached hydrogens (tertiary/aromatic N) is 3. The maximum atomic E-state index is 13.7. The number of amides is 2. The van der Waals surface area contributed by atoms with E-state index < -0.39 is 17.4 Å². The van der Waals surface area contributed by atoms with Crippen LogP contribution in [-0.4, -0.2) is 46.3 Å². The number of aromatic nitrogens is 2. The quantitative estimate of drug-likeness (QED) is 0.708. The molecule has 1 aromatic carbocycles. The van der Waals surface area contributed by atoms with E-state index in [2.05, 4.69) is 10.4 Å². The van der Waals surface area contributed by atoms with Crippen LogP contribution in [0.2, 0.25) is 5.02 Å². The summed E-state index contributed by atoms with van der Waals surface area (Å²) in [6.45, 7) is 3.69. The van der Waals surface area contributed by atoms with E-state index in [1.54, 1.807) is 19.1 Å². The summed E-state index contributed by atoms with van der Waals surface area (Å²) in [6, 6.07) is 6.73. The molecule has 9 heteroatoms. The van der Waals surface area contributed by atoms with Crippen LogP contribution in [0.3, 0.4) is 0 Å². The first-order chi connectivity index (χ1) is 15.2. The summed E-state index contributed by atoms with van der Waals surface area (Å²) in [4.78, 5) is 40.9. The fourth-order valence-electron chi connectivity index (χ4n) is 4.57. The highest BCUT2D eigenvalue weighted by Gasteiger charge is 2.50. The molecule has 0 bridgehead atoms. The highest BCUT2D eigenvalue weighted by molar-refractivity contribution is 6.31. The number of carbonyl (C=O) groups is 3. The minimum absolute atomic E-state index is 0.0237. The third-order valence-electron chi connectivity index (χ3n) is 6.39. The van der Waals surface area contributed by atoms with Gasteiger partial charge in [-0.05, 0) is 44.4 Å². The van der Waals surface area contributed by atoms with Crippen molar-refractivity contribution in [1.82, 2.24) is 15.1 Å². The number of ether oxygens (including phenoxy) is 1. The average Bonchev–Trinajstić information content (AvgIpc) is 3.20. The molecule has 2 heterocycles. The number of anilines is 1. The number of benzene rings is 1. The monoisotopic (exact) mass is 458 g/mol. The normalized spacial score (nSPS) is 21.2. The summed E-state index contributed by atoms with van der Waals surface area (Å²) in [7, 11) is 1.26. The van der Waals surface area contributed by atoms with Gasteiger partial charge in [0.15, 0.2) is 5.69 Å². The minimum Gasteiger partial charge on any atom is -0.464 e. The molecule has 170 valence electrons. The van der Waals surface area contributed by atoms with E-state index in [1.165, 1.54) is 29.2 Å². The zero-order valence-corrected chi connectivity index (χ0v) is 19.2. The summed E-state index contributed by atoms with van der Waals surface area (Å²) in [5.41, 5.74) is 0.329. The summed E-state index contributed by atoms with van der Waals surface area (Å²) in [6.07, 6.45) is 5.16. The van der Waals surface area contributed by atoms with Crippen LogP contribution in [0.15, 0.2) is 24.3 Å². The van der Waals surface area contributed by atoms with Crippen molar-refractivity contribution in [3.05, 3.63) is 46.2 Å². The number of rotatable bonds is 4. The van der Waals surface area contributed by atoms with Crippen molar-refractivity contribution in [3.8, 4) is 0 Å². The van der Waals surface area contributed by atoms with Crippen LogP contribution in [0.4, 0.5) is 5.69 Å². The standard InChI is InChI=1S/C23H27ClN4O4/c1-14-9-10-15(24)11-18(14)28-20(29)19-12-17(21(30)32-3)26-27(19)13-23(28,2)22(31)25-16-7-5-4-6-8-16/h9-12,16H,4-8,13H2,1-3H3,(H,25,31)/t23-/m0/s1. The van der Waals surface area contributed by atoms with Crippen molar-refractivity contribution in [2.75, 3.05) is 12.0 Å². The number of methoxy groups -OCH3 is 1. The van der Waals surface area contributed by atoms with Crippen molar-refractivity contribution in [1.29, 1.82) is 0 Å². The van der Waals surface area contributed by atoms with Crippen molar-refractivity contribution < 1.29 is 19.1 Å². The Bertz CT molecular complexity index is 1080. The SMILES string of the molecule is COC(=O)c1cc2n(n1)C[C@@](C)(C(=O)NC1CCCCC1)N(c1cc(Cl)ccc1C)C2=O. The molecule has 2 amide bonds. The Morgan fingerprint density at radius 1 is 1.22 bits per heavy atom. The largest absolute Gasteiger partial charge is 0.464 e.